The van der Waals surface area contributed by atoms with Crippen LogP contribution in [0.4, 0.5) is 4.39 Å². The summed E-state index contributed by atoms with van der Waals surface area (Å²) in [6, 6.07) is 13.3. The van der Waals surface area contributed by atoms with Crippen LogP contribution in [0.5, 0.6) is 5.75 Å². The number of nitrogens with zero attached hydrogens (tertiary/aromatic N) is 1. The highest BCUT2D eigenvalue weighted by Crippen LogP contribution is 2.40. The summed E-state index contributed by atoms with van der Waals surface area (Å²) in [4.78, 5) is 12.6. The molecule has 0 bridgehead atoms. The molecule has 2 N–H and O–H groups in total. The lowest BCUT2D eigenvalue weighted by atomic mass is 9.83. The van der Waals surface area contributed by atoms with E-state index in [1.165, 1.54) is 12.1 Å². The standard InChI is InChI=1S/C23H20ClFN2O4/c1-3-29-23(28)20-13(2)31-22(27)17(11-26)21(20)15-5-4-6-16(10-15)30-12-14-7-8-18(24)19(25)9-14/h4-10,21H,3,12,27H2,1-2H3. The third-order valence-corrected chi connectivity index (χ3v) is 4.99. The van der Waals surface area contributed by atoms with Gasteiger partial charge < -0.3 is 19.9 Å². The number of hydrogen-bond donors (Lipinski definition) is 1. The predicted molar refractivity (Wildman–Crippen MR) is 112 cm³/mol. The average Bonchev–Trinajstić information content (AvgIpc) is 2.74. The van der Waals surface area contributed by atoms with Crippen LogP contribution >= 0.6 is 11.6 Å². The molecule has 2 aromatic rings. The minimum absolute atomic E-state index is 0.0346. The normalized spacial score (nSPS) is 15.9. The van der Waals surface area contributed by atoms with Gasteiger partial charge in [0.2, 0.25) is 5.88 Å². The molecule has 0 amide bonds. The summed E-state index contributed by atoms with van der Waals surface area (Å²) in [6.45, 7) is 3.56. The maximum atomic E-state index is 13.7. The van der Waals surface area contributed by atoms with Crippen LogP contribution in [0.1, 0.15) is 30.9 Å². The van der Waals surface area contributed by atoms with E-state index in [0.717, 1.165) is 0 Å². The van der Waals surface area contributed by atoms with Gasteiger partial charge in [-0.15, -0.1) is 0 Å². The smallest absolute Gasteiger partial charge is 0.338 e. The van der Waals surface area contributed by atoms with Crippen LogP contribution in [0, 0.1) is 17.1 Å². The number of rotatable bonds is 6. The van der Waals surface area contributed by atoms with Crippen LogP contribution in [-0.2, 0) is 20.9 Å². The van der Waals surface area contributed by atoms with Crippen molar-refractivity contribution in [3.8, 4) is 11.8 Å². The van der Waals surface area contributed by atoms with E-state index in [0.29, 0.717) is 16.9 Å². The molecule has 160 valence electrons. The molecule has 8 heteroatoms. The third-order valence-electron chi connectivity index (χ3n) is 4.68. The van der Waals surface area contributed by atoms with Crippen molar-refractivity contribution in [2.45, 2.75) is 26.4 Å². The van der Waals surface area contributed by atoms with Crippen LogP contribution in [-0.4, -0.2) is 12.6 Å². The topological polar surface area (TPSA) is 94.6 Å². The zero-order valence-electron chi connectivity index (χ0n) is 16.9. The number of carbonyl (C=O) groups excluding carboxylic acids is 1. The zero-order chi connectivity index (χ0) is 22.5. The minimum Gasteiger partial charge on any atom is -0.489 e. The Balaban J connectivity index is 1.93. The second kappa shape index (κ2) is 9.54. The van der Waals surface area contributed by atoms with Gasteiger partial charge in [0.05, 0.1) is 23.1 Å². The Labute approximate surface area is 184 Å². The van der Waals surface area contributed by atoms with Crippen molar-refractivity contribution in [1.82, 2.24) is 0 Å². The van der Waals surface area contributed by atoms with Crippen molar-refractivity contribution < 1.29 is 23.4 Å². The molecular weight excluding hydrogens is 423 g/mol. The van der Waals surface area contributed by atoms with Crippen LogP contribution in [0.15, 0.2) is 65.3 Å². The average molecular weight is 443 g/mol. The molecule has 1 heterocycles. The first kappa shape index (κ1) is 22.2. The van der Waals surface area contributed by atoms with Crippen molar-refractivity contribution in [1.29, 1.82) is 5.26 Å². The van der Waals surface area contributed by atoms with Gasteiger partial charge in [0.25, 0.3) is 0 Å². The minimum atomic E-state index is -0.769. The summed E-state index contributed by atoms with van der Waals surface area (Å²) in [5, 5.41) is 9.69. The summed E-state index contributed by atoms with van der Waals surface area (Å²) in [5.41, 5.74) is 7.42. The van der Waals surface area contributed by atoms with Gasteiger partial charge in [0, 0.05) is 0 Å². The van der Waals surface area contributed by atoms with E-state index < -0.39 is 17.7 Å². The number of halogens is 2. The molecule has 0 radical (unpaired) electrons. The van der Waals surface area contributed by atoms with Gasteiger partial charge in [-0.2, -0.15) is 5.26 Å². The monoisotopic (exact) mass is 442 g/mol. The highest BCUT2D eigenvalue weighted by atomic mass is 35.5. The first-order valence-electron chi connectivity index (χ1n) is 9.47. The number of nitrogens with two attached hydrogens (primary N) is 1. The molecular formula is C23H20ClFN2O4. The van der Waals surface area contributed by atoms with Crippen molar-refractivity contribution >= 4 is 17.6 Å². The second-order valence-electron chi connectivity index (χ2n) is 6.72. The highest BCUT2D eigenvalue weighted by Gasteiger charge is 2.36. The van der Waals surface area contributed by atoms with Crippen LogP contribution in [0.3, 0.4) is 0 Å². The maximum Gasteiger partial charge on any atom is 0.338 e. The number of carbonyl (C=O) groups is 1. The first-order valence-corrected chi connectivity index (χ1v) is 9.85. The predicted octanol–water partition coefficient (Wildman–Crippen LogP) is 4.70. The Kier molecular flexibility index (Phi) is 6.83. The molecule has 2 aromatic carbocycles. The van der Waals surface area contributed by atoms with E-state index in [9.17, 15) is 14.4 Å². The fraction of sp³-hybridized carbons (Fsp3) is 0.217. The van der Waals surface area contributed by atoms with Gasteiger partial charge in [-0.25, -0.2) is 9.18 Å². The Hall–Kier alpha value is -3.50. The van der Waals surface area contributed by atoms with Crippen LogP contribution in [0.2, 0.25) is 5.02 Å². The molecule has 31 heavy (non-hydrogen) atoms. The van der Waals surface area contributed by atoms with E-state index >= 15 is 0 Å². The third kappa shape index (κ3) is 4.81. The Morgan fingerprint density at radius 2 is 2.10 bits per heavy atom. The number of ether oxygens (including phenoxy) is 3. The Bertz CT molecular complexity index is 1120. The van der Waals surface area contributed by atoms with Crippen molar-refractivity contribution in [2.24, 2.45) is 5.73 Å². The summed E-state index contributed by atoms with van der Waals surface area (Å²) in [6.07, 6.45) is 0. The summed E-state index contributed by atoms with van der Waals surface area (Å²) >= 11 is 5.71. The Morgan fingerprint density at radius 1 is 1.32 bits per heavy atom. The van der Waals surface area contributed by atoms with Gasteiger partial charge in [-0.1, -0.05) is 29.8 Å². The molecule has 1 unspecified atom stereocenters. The second-order valence-corrected chi connectivity index (χ2v) is 7.13. The molecule has 0 aliphatic carbocycles. The quantitative estimate of drug-likeness (QED) is 0.651. The molecule has 6 nitrogen and oxygen atoms in total. The number of benzene rings is 2. The molecule has 0 aromatic heterocycles. The molecule has 0 fully saturated rings. The van der Waals surface area contributed by atoms with Crippen LogP contribution in [0.25, 0.3) is 0 Å². The first-order chi connectivity index (χ1) is 14.8. The fourth-order valence-corrected chi connectivity index (χ4v) is 3.39. The molecule has 1 aliphatic heterocycles. The molecule has 0 saturated carbocycles. The van der Waals surface area contributed by atoms with Gasteiger partial charge in [-0.05, 0) is 49.2 Å². The fourth-order valence-electron chi connectivity index (χ4n) is 3.27. The van der Waals surface area contributed by atoms with Crippen molar-refractivity contribution in [3.63, 3.8) is 0 Å². The number of esters is 1. The van der Waals surface area contributed by atoms with Gasteiger partial charge >= 0.3 is 5.97 Å². The number of allylic oxidation sites excluding steroid dienone is 2. The maximum absolute atomic E-state index is 13.7. The molecule has 0 saturated heterocycles. The molecule has 1 aliphatic rings. The van der Waals surface area contributed by atoms with Crippen molar-refractivity contribution in [2.75, 3.05) is 6.61 Å². The lowest BCUT2D eigenvalue weighted by Gasteiger charge is -2.27. The Morgan fingerprint density at radius 3 is 2.77 bits per heavy atom. The van der Waals surface area contributed by atoms with E-state index in [4.69, 9.17) is 31.5 Å². The summed E-state index contributed by atoms with van der Waals surface area (Å²) < 4.78 is 30.0. The lowest BCUT2D eigenvalue weighted by Crippen LogP contribution is -2.25. The van der Waals surface area contributed by atoms with E-state index in [2.05, 4.69) is 0 Å². The SMILES string of the molecule is CCOC(=O)C1=C(C)OC(N)=C(C#N)C1c1cccc(OCc2ccc(Cl)c(F)c2)c1. The van der Waals surface area contributed by atoms with Gasteiger partial charge in [-0.3, -0.25) is 0 Å². The van der Waals surface area contributed by atoms with Gasteiger partial charge in [0.1, 0.15) is 35.6 Å². The zero-order valence-corrected chi connectivity index (χ0v) is 17.7. The largest absolute Gasteiger partial charge is 0.489 e. The lowest BCUT2D eigenvalue weighted by molar-refractivity contribution is -0.139. The van der Waals surface area contributed by atoms with E-state index in [1.807, 2.05) is 6.07 Å². The highest BCUT2D eigenvalue weighted by molar-refractivity contribution is 6.30. The van der Waals surface area contributed by atoms with Crippen LogP contribution < -0.4 is 10.5 Å². The molecule has 3 rings (SSSR count). The van der Waals surface area contributed by atoms with Crippen molar-refractivity contribution in [3.05, 3.63) is 87.2 Å². The number of hydrogen-bond acceptors (Lipinski definition) is 6. The molecule has 0 spiro atoms. The van der Waals surface area contributed by atoms with Gasteiger partial charge in [0.15, 0.2) is 0 Å². The summed E-state index contributed by atoms with van der Waals surface area (Å²) in [7, 11) is 0. The number of nitriles is 1. The van der Waals surface area contributed by atoms with E-state index in [-0.39, 0.29) is 41.0 Å². The summed E-state index contributed by atoms with van der Waals surface area (Å²) in [5.74, 6) is -1.22. The molecule has 1 atom stereocenters. The van der Waals surface area contributed by atoms with E-state index in [1.54, 1.807) is 44.2 Å².